The Morgan fingerprint density at radius 2 is 2.27 bits per heavy atom. The summed E-state index contributed by atoms with van der Waals surface area (Å²) in [5.41, 5.74) is 0. The Morgan fingerprint density at radius 3 is 2.73 bits per heavy atom. The normalized spacial score (nSPS) is 27.3. The standard InChI is InChI=1S/C6H10N2O3/c1-3(9)5-6(11)7-2-4(10)8-5/h3,5,9H,2H2,1H3,(H,7,11)(H,8,10)/t3?,5-/m0/s1. The number of carbonyl (C=O) groups is 2. The minimum Gasteiger partial charge on any atom is -0.391 e. The van der Waals surface area contributed by atoms with E-state index in [-0.39, 0.29) is 18.4 Å². The van der Waals surface area contributed by atoms with E-state index in [1.165, 1.54) is 6.92 Å². The third-order valence-corrected chi connectivity index (χ3v) is 1.50. The fraction of sp³-hybridized carbons (Fsp3) is 0.667. The Balaban J connectivity index is 2.61. The van der Waals surface area contributed by atoms with Crippen LogP contribution in [0.25, 0.3) is 0 Å². The summed E-state index contributed by atoms with van der Waals surface area (Å²) in [6.45, 7) is 1.46. The summed E-state index contributed by atoms with van der Waals surface area (Å²) in [7, 11) is 0. The second-order valence-corrected chi connectivity index (χ2v) is 2.50. The number of nitrogens with one attached hydrogen (secondary N) is 2. The van der Waals surface area contributed by atoms with Crippen LogP contribution in [0.3, 0.4) is 0 Å². The number of aliphatic hydroxyl groups excluding tert-OH is 1. The SMILES string of the molecule is CC(O)[C@@H]1NC(=O)CNC1=O. The van der Waals surface area contributed by atoms with Crippen LogP contribution in [0.15, 0.2) is 0 Å². The van der Waals surface area contributed by atoms with Gasteiger partial charge in [-0.1, -0.05) is 0 Å². The number of aliphatic hydroxyl groups is 1. The van der Waals surface area contributed by atoms with Gasteiger partial charge in [0.2, 0.25) is 11.8 Å². The summed E-state index contributed by atoms with van der Waals surface area (Å²) in [6.07, 6.45) is -0.848. The highest BCUT2D eigenvalue weighted by atomic mass is 16.3. The zero-order chi connectivity index (χ0) is 8.43. The zero-order valence-corrected chi connectivity index (χ0v) is 6.13. The van der Waals surface area contributed by atoms with Gasteiger partial charge in [0, 0.05) is 0 Å². The summed E-state index contributed by atoms with van der Waals surface area (Å²) in [6, 6.07) is -0.795. The average Bonchev–Trinajstić information content (AvgIpc) is 1.94. The van der Waals surface area contributed by atoms with Gasteiger partial charge in [-0.25, -0.2) is 0 Å². The van der Waals surface area contributed by atoms with E-state index in [0.717, 1.165) is 0 Å². The van der Waals surface area contributed by atoms with Gasteiger partial charge in [-0.15, -0.1) is 0 Å². The van der Waals surface area contributed by atoms with Crippen LogP contribution in [0.1, 0.15) is 6.92 Å². The van der Waals surface area contributed by atoms with Crippen LogP contribution in [0.4, 0.5) is 0 Å². The molecule has 62 valence electrons. The van der Waals surface area contributed by atoms with Gasteiger partial charge in [0.05, 0.1) is 12.6 Å². The van der Waals surface area contributed by atoms with Crippen LogP contribution < -0.4 is 10.6 Å². The summed E-state index contributed by atoms with van der Waals surface area (Å²) in [4.78, 5) is 21.6. The van der Waals surface area contributed by atoms with Crippen molar-refractivity contribution in [3.8, 4) is 0 Å². The molecule has 5 nitrogen and oxygen atoms in total. The highest BCUT2D eigenvalue weighted by Crippen LogP contribution is 1.95. The fourth-order valence-corrected chi connectivity index (χ4v) is 0.907. The van der Waals surface area contributed by atoms with Gasteiger partial charge in [0.25, 0.3) is 0 Å². The predicted octanol–water partition coefficient (Wildman–Crippen LogP) is -2.02. The van der Waals surface area contributed by atoms with Crippen molar-refractivity contribution < 1.29 is 14.7 Å². The molecule has 1 rings (SSSR count). The molecular weight excluding hydrogens is 148 g/mol. The molecule has 2 atom stereocenters. The topological polar surface area (TPSA) is 78.4 Å². The van der Waals surface area contributed by atoms with Crippen molar-refractivity contribution in [1.29, 1.82) is 0 Å². The molecule has 0 aliphatic carbocycles. The molecule has 1 fully saturated rings. The van der Waals surface area contributed by atoms with E-state index in [4.69, 9.17) is 5.11 Å². The lowest BCUT2D eigenvalue weighted by molar-refractivity contribution is -0.136. The van der Waals surface area contributed by atoms with E-state index in [2.05, 4.69) is 10.6 Å². The lowest BCUT2D eigenvalue weighted by Crippen LogP contribution is -2.60. The van der Waals surface area contributed by atoms with Crippen molar-refractivity contribution in [3.63, 3.8) is 0 Å². The zero-order valence-electron chi connectivity index (χ0n) is 6.13. The van der Waals surface area contributed by atoms with E-state index in [9.17, 15) is 9.59 Å². The van der Waals surface area contributed by atoms with Gasteiger partial charge >= 0.3 is 0 Å². The Labute approximate surface area is 63.8 Å². The molecule has 0 spiro atoms. The largest absolute Gasteiger partial charge is 0.391 e. The molecular formula is C6H10N2O3. The van der Waals surface area contributed by atoms with E-state index in [0.29, 0.717) is 0 Å². The van der Waals surface area contributed by atoms with Crippen molar-refractivity contribution in [2.24, 2.45) is 0 Å². The van der Waals surface area contributed by atoms with Gasteiger partial charge in [-0.05, 0) is 6.92 Å². The van der Waals surface area contributed by atoms with Crippen LogP contribution in [0.2, 0.25) is 0 Å². The van der Waals surface area contributed by atoms with Crippen molar-refractivity contribution in [3.05, 3.63) is 0 Å². The third kappa shape index (κ3) is 1.68. The van der Waals surface area contributed by atoms with Gasteiger partial charge in [-0.2, -0.15) is 0 Å². The first-order chi connectivity index (χ1) is 5.11. The van der Waals surface area contributed by atoms with Crippen LogP contribution in [0.5, 0.6) is 0 Å². The van der Waals surface area contributed by atoms with Gasteiger partial charge in [-0.3, -0.25) is 9.59 Å². The quantitative estimate of drug-likeness (QED) is 0.412. The Hall–Kier alpha value is -1.10. The van der Waals surface area contributed by atoms with Gasteiger partial charge in [0.1, 0.15) is 6.04 Å². The minimum absolute atomic E-state index is 0.00204. The molecule has 2 amide bonds. The number of piperazine rings is 1. The van der Waals surface area contributed by atoms with Crippen molar-refractivity contribution in [2.45, 2.75) is 19.1 Å². The molecule has 0 bridgehead atoms. The predicted molar refractivity (Wildman–Crippen MR) is 36.6 cm³/mol. The van der Waals surface area contributed by atoms with Gasteiger partial charge < -0.3 is 15.7 Å². The Kier molecular flexibility index (Phi) is 2.09. The summed E-state index contributed by atoms with van der Waals surface area (Å²) in [5.74, 6) is -0.602. The summed E-state index contributed by atoms with van der Waals surface area (Å²) >= 11 is 0. The number of amides is 2. The number of rotatable bonds is 1. The molecule has 11 heavy (non-hydrogen) atoms. The lowest BCUT2D eigenvalue weighted by atomic mass is 10.1. The first kappa shape index (κ1) is 8.00. The monoisotopic (exact) mass is 158 g/mol. The van der Waals surface area contributed by atoms with Crippen LogP contribution in [-0.2, 0) is 9.59 Å². The summed E-state index contributed by atoms with van der Waals surface area (Å²) in [5, 5.41) is 13.7. The Bertz CT molecular complexity index is 190. The molecule has 1 unspecified atom stereocenters. The van der Waals surface area contributed by atoms with Crippen LogP contribution >= 0.6 is 0 Å². The molecule has 0 aromatic carbocycles. The minimum atomic E-state index is -0.848. The second kappa shape index (κ2) is 2.87. The third-order valence-electron chi connectivity index (χ3n) is 1.50. The Morgan fingerprint density at radius 1 is 1.64 bits per heavy atom. The van der Waals surface area contributed by atoms with Crippen molar-refractivity contribution in [1.82, 2.24) is 10.6 Å². The highest BCUT2D eigenvalue weighted by molar-refractivity contribution is 5.95. The summed E-state index contributed by atoms with van der Waals surface area (Å²) < 4.78 is 0. The highest BCUT2D eigenvalue weighted by Gasteiger charge is 2.29. The van der Waals surface area contributed by atoms with E-state index >= 15 is 0 Å². The molecule has 1 heterocycles. The molecule has 0 saturated carbocycles. The fourth-order valence-electron chi connectivity index (χ4n) is 0.907. The molecule has 1 aliphatic rings. The second-order valence-electron chi connectivity index (χ2n) is 2.50. The maximum absolute atomic E-state index is 10.9. The van der Waals surface area contributed by atoms with Crippen molar-refractivity contribution in [2.75, 3.05) is 6.54 Å². The van der Waals surface area contributed by atoms with E-state index in [1.807, 2.05) is 0 Å². The van der Waals surface area contributed by atoms with Crippen molar-refractivity contribution >= 4 is 11.8 Å². The number of hydrogen-bond acceptors (Lipinski definition) is 3. The molecule has 5 heteroatoms. The number of carbonyl (C=O) groups excluding carboxylic acids is 2. The molecule has 0 aromatic rings. The average molecular weight is 158 g/mol. The molecule has 1 saturated heterocycles. The number of hydrogen-bond donors (Lipinski definition) is 3. The maximum Gasteiger partial charge on any atom is 0.245 e. The molecule has 0 radical (unpaired) electrons. The molecule has 3 N–H and O–H groups in total. The van der Waals surface area contributed by atoms with E-state index < -0.39 is 12.1 Å². The smallest absolute Gasteiger partial charge is 0.245 e. The van der Waals surface area contributed by atoms with Gasteiger partial charge in [0.15, 0.2) is 0 Å². The maximum atomic E-state index is 10.9. The lowest BCUT2D eigenvalue weighted by Gasteiger charge is -2.24. The molecule has 0 aromatic heterocycles. The first-order valence-electron chi connectivity index (χ1n) is 3.36. The molecule has 1 aliphatic heterocycles. The van der Waals surface area contributed by atoms with E-state index in [1.54, 1.807) is 0 Å². The van der Waals surface area contributed by atoms with Crippen LogP contribution in [-0.4, -0.2) is 35.6 Å². The van der Waals surface area contributed by atoms with Crippen LogP contribution in [0, 0.1) is 0 Å². The first-order valence-corrected chi connectivity index (χ1v) is 3.36.